The highest BCUT2D eigenvalue weighted by molar-refractivity contribution is 5.83. The number of nitrogens with two attached hydrogens (primary N) is 1. The summed E-state index contributed by atoms with van der Waals surface area (Å²) in [5.74, 6) is 0.845. The molecule has 1 saturated heterocycles. The van der Waals surface area contributed by atoms with Crippen molar-refractivity contribution in [3.05, 3.63) is 0 Å². The van der Waals surface area contributed by atoms with Gasteiger partial charge >= 0.3 is 0 Å². The van der Waals surface area contributed by atoms with Gasteiger partial charge in [-0.25, -0.2) is 0 Å². The van der Waals surface area contributed by atoms with Gasteiger partial charge < -0.3 is 15.8 Å². The zero-order valence-electron chi connectivity index (χ0n) is 10.00. The van der Waals surface area contributed by atoms with Crippen LogP contribution >= 0.6 is 0 Å². The minimum Gasteiger partial charge on any atom is -0.381 e. The Balaban J connectivity index is 1.90. The highest BCUT2D eigenvalue weighted by Crippen LogP contribution is 2.36. The second-order valence-electron chi connectivity index (χ2n) is 5.08. The third-order valence-corrected chi connectivity index (χ3v) is 4.09. The molecule has 1 heterocycles. The first kappa shape index (κ1) is 11.9. The Morgan fingerprint density at radius 3 is 2.69 bits per heavy atom. The zero-order valence-corrected chi connectivity index (χ0v) is 10.00. The Labute approximate surface area is 96.9 Å². The van der Waals surface area contributed by atoms with E-state index in [0.717, 1.165) is 25.7 Å². The number of nitrogens with one attached hydrogen (secondary N) is 1. The fourth-order valence-corrected chi connectivity index (χ4v) is 2.48. The Kier molecular flexibility index (Phi) is 3.50. The predicted octanol–water partition coefficient (Wildman–Crippen LogP) is 0.657. The highest BCUT2D eigenvalue weighted by Gasteiger charge is 2.43. The monoisotopic (exact) mass is 226 g/mol. The molecule has 4 nitrogen and oxygen atoms in total. The number of ether oxygens (including phenoxy) is 1. The van der Waals surface area contributed by atoms with Crippen LogP contribution in [0.1, 0.15) is 32.6 Å². The summed E-state index contributed by atoms with van der Waals surface area (Å²) < 4.78 is 5.30. The molecular formula is C12H22N2O2. The smallest absolute Gasteiger partial charge is 0.227 e. The van der Waals surface area contributed by atoms with Crippen molar-refractivity contribution in [1.29, 1.82) is 0 Å². The molecule has 2 aliphatic rings. The second kappa shape index (κ2) is 4.72. The molecule has 2 atom stereocenters. The van der Waals surface area contributed by atoms with E-state index in [1.807, 2.05) is 0 Å². The SMILES string of the molecule is CCC1CC1NC(=O)C1(CN)CCOCC1. The van der Waals surface area contributed by atoms with Crippen LogP contribution in [0, 0.1) is 11.3 Å². The van der Waals surface area contributed by atoms with Crippen LogP contribution in [-0.2, 0) is 9.53 Å². The van der Waals surface area contributed by atoms with E-state index in [-0.39, 0.29) is 11.3 Å². The molecule has 16 heavy (non-hydrogen) atoms. The molecule has 0 aromatic heterocycles. The molecule has 0 spiro atoms. The quantitative estimate of drug-likeness (QED) is 0.740. The Morgan fingerprint density at radius 2 is 2.19 bits per heavy atom. The highest BCUT2D eigenvalue weighted by atomic mass is 16.5. The predicted molar refractivity (Wildman–Crippen MR) is 61.9 cm³/mol. The van der Waals surface area contributed by atoms with Crippen LogP contribution in [0.5, 0.6) is 0 Å². The van der Waals surface area contributed by atoms with Gasteiger partial charge in [0.2, 0.25) is 5.91 Å². The van der Waals surface area contributed by atoms with E-state index in [9.17, 15) is 4.79 Å². The van der Waals surface area contributed by atoms with Crippen LogP contribution in [-0.4, -0.2) is 31.7 Å². The zero-order chi connectivity index (χ0) is 11.6. The van der Waals surface area contributed by atoms with Gasteiger partial charge in [0.1, 0.15) is 0 Å². The molecule has 2 rings (SSSR count). The summed E-state index contributed by atoms with van der Waals surface area (Å²) in [7, 11) is 0. The number of hydrogen-bond donors (Lipinski definition) is 2. The molecule has 1 aliphatic heterocycles. The average molecular weight is 226 g/mol. The van der Waals surface area contributed by atoms with Crippen molar-refractivity contribution in [1.82, 2.24) is 5.32 Å². The Morgan fingerprint density at radius 1 is 1.50 bits per heavy atom. The first-order valence-corrected chi connectivity index (χ1v) is 6.30. The van der Waals surface area contributed by atoms with Crippen LogP contribution in [0.15, 0.2) is 0 Å². The van der Waals surface area contributed by atoms with E-state index in [2.05, 4.69) is 12.2 Å². The lowest BCUT2D eigenvalue weighted by Crippen LogP contribution is -2.50. The van der Waals surface area contributed by atoms with Gasteiger partial charge in [0.05, 0.1) is 5.41 Å². The van der Waals surface area contributed by atoms with Crippen LogP contribution in [0.4, 0.5) is 0 Å². The first-order valence-electron chi connectivity index (χ1n) is 6.30. The molecule has 0 aromatic rings. The largest absolute Gasteiger partial charge is 0.381 e. The van der Waals surface area contributed by atoms with Crippen molar-refractivity contribution in [3.63, 3.8) is 0 Å². The van der Waals surface area contributed by atoms with Gasteiger partial charge in [0, 0.05) is 25.8 Å². The maximum absolute atomic E-state index is 12.2. The van der Waals surface area contributed by atoms with Crippen LogP contribution < -0.4 is 11.1 Å². The lowest BCUT2D eigenvalue weighted by atomic mass is 9.79. The number of hydrogen-bond acceptors (Lipinski definition) is 3. The Hall–Kier alpha value is -0.610. The minimum atomic E-state index is -0.362. The molecule has 2 unspecified atom stereocenters. The van der Waals surface area contributed by atoms with Crippen molar-refractivity contribution in [2.45, 2.75) is 38.6 Å². The molecule has 1 amide bonds. The third-order valence-electron chi connectivity index (χ3n) is 4.09. The second-order valence-corrected chi connectivity index (χ2v) is 5.08. The fraction of sp³-hybridized carbons (Fsp3) is 0.917. The standard InChI is InChI=1S/C12H22N2O2/c1-2-9-7-10(9)14-11(15)12(8-13)3-5-16-6-4-12/h9-10H,2-8,13H2,1H3,(H,14,15). The molecular weight excluding hydrogens is 204 g/mol. The van der Waals surface area contributed by atoms with Gasteiger partial charge in [-0.1, -0.05) is 13.3 Å². The molecule has 0 aromatic carbocycles. The first-order chi connectivity index (χ1) is 7.72. The van der Waals surface area contributed by atoms with Crippen molar-refractivity contribution < 1.29 is 9.53 Å². The summed E-state index contributed by atoms with van der Waals surface area (Å²) in [6.45, 7) is 3.93. The molecule has 2 fully saturated rings. The molecule has 0 radical (unpaired) electrons. The van der Waals surface area contributed by atoms with Crippen LogP contribution in [0.25, 0.3) is 0 Å². The number of carbonyl (C=O) groups excluding carboxylic acids is 1. The lowest BCUT2D eigenvalue weighted by molar-refractivity contribution is -0.136. The van der Waals surface area contributed by atoms with Gasteiger partial charge in [-0.2, -0.15) is 0 Å². The maximum atomic E-state index is 12.2. The fourth-order valence-electron chi connectivity index (χ4n) is 2.48. The van der Waals surface area contributed by atoms with Crippen molar-refractivity contribution in [2.75, 3.05) is 19.8 Å². The van der Waals surface area contributed by atoms with E-state index in [1.54, 1.807) is 0 Å². The Bertz CT molecular complexity index is 262. The minimum absolute atomic E-state index is 0.152. The normalized spacial score (nSPS) is 32.1. The molecule has 0 bridgehead atoms. The maximum Gasteiger partial charge on any atom is 0.227 e. The van der Waals surface area contributed by atoms with E-state index >= 15 is 0 Å². The van der Waals surface area contributed by atoms with Gasteiger partial charge in [0.15, 0.2) is 0 Å². The van der Waals surface area contributed by atoms with Gasteiger partial charge in [-0.3, -0.25) is 4.79 Å². The van der Waals surface area contributed by atoms with Crippen molar-refractivity contribution in [3.8, 4) is 0 Å². The summed E-state index contributed by atoms with van der Waals surface area (Å²) in [5.41, 5.74) is 5.42. The summed E-state index contributed by atoms with van der Waals surface area (Å²) >= 11 is 0. The van der Waals surface area contributed by atoms with E-state index in [4.69, 9.17) is 10.5 Å². The molecule has 1 aliphatic carbocycles. The van der Waals surface area contributed by atoms with Crippen LogP contribution in [0.3, 0.4) is 0 Å². The number of rotatable bonds is 4. The van der Waals surface area contributed by atoms with E-state index < -0.39 is 0 Å². The van der Waals surface area contributed by atoms with Crippen molar-refractivity contribution in [2.24, 2.45) is 17.1 Å². The topological polar surface area (TPSA) is 64.4 Å². The summed E-state index contributed by atoms with van der Waals surface area (Å²) in [5, 5.41) is 3.14. The van der Waals surface area contributed by atoms with Gasteiger partial charge in [0.25, 0.3) is 0 Å². The third kappa shape index (κ3) is 2.23. The molecule has 3 N–H and O–H groups in total. The summed E-state index contributed by atoms with van der Waals surface area (Å²) in [6.07, 6.45) is 3.82. The van der Waals surface area contributed by atoms with Crippen molar-refractivity contribution >= 4 is 5.91 Å². The van der Waals surface area contributed by atoms with E-state index in [1.165, 1.54) is 0 Å². The summed E-state index contributed by atoms with van der Waals surface area (Å²) in [6, 6.07) is 0.406. The van der Waals surface area contributed by atoms with Gasteiger partial charge in [-0.15, -0.1) is 0 Å². The van der Waals surface area contributed by atoms with Crippen LogP contribution in [0.2, 0.25) is 0 Å². The number of carbonyl (C=O) groups is 1. The lowest BCUT2D eigenvalue weighted by Gasteiger charge is -2.34. The van der Waals surface area contributed by atoms with Gasteiger partial charge in [-0.05, 0) is 25.2 Å². The summed E-state index contributed by atoms with van der Waals surface area (Å²) in [4.78, 5) is 12.2. The average Bonchev–Trinajstić information content (AvgIpc) is 3.08. The number of amides is 1. The molecule has 1 saturated carbocycles. The molecule has 92 valence electrons. The molecule has 4 heteroatoms. The van der Waals surface area contributed by atoms with E-state index in [0.29, 0.717) is 31.7 Å².